The van der Waals surface area contributed by atoms with Gasteiger partial charge in [-0.05, 0) is 25.7 Å². The van der Waals surface area contributed by atoms with E-state index < -0.39 is 0 Å². The first-order chi connectivity index (χ1) is 4.37. The third kappa shape index (κ3) is 0.590. The minimum atomic E-state index is 0.377. The molecule has 0 unspecified atom stereocenters. The lowest BCUT2D eigenvalue weighted by molar-refractivity contribution is -0.119. The molecule has 9 heavy (non-hydrogen) atoms. The molecular formula is C7H11NO. The standard InChI is InChI=1S/C7H11NO/c9-6-8-5-1-2-7(8)3-4-7/h6H,1-5H2. The molecule has 0 radical (unpaired) electrons. The van der Waals surface area contributed by atoms with Gasteiger partial charge in [-0.1, -0.05) is 0 Å². The smallest absolute Gasteiger partial charge is 0.210 e. The molecule has 1 aliphatic carbocycles. The summed E-state index contributed by atoms with van der Waals surface area (Å²) in [6.45, 7) is 1.00. The van der Waals surface area contributed by atoms with Gasteiger partial charge in [-0.15, -0.1) is 0 Å². The topological polar surface area (TPSA) is 20.3 Å². The second-order valence-corrected chi connectivity index (χ2v) is 3.13. The van der Waals surface area contributed by atoms with Gasteiger partial charge in [0.2, 0.25) is 6.41 Å². The van der Waals surface area contributed by atoms with Crippen LogP contribution < -0.4 is 0 Å². The average molecular weight is 125 g/mol. The zero-order chi connectivity index (χ0) is 6.32. The molecule has 1 saturated heterocycles. The largest absolute Gasteiger partial charge is 0.340 e. The van der Waals surface area contributed by atoms with Crippen molar-refractivity contribution in [3.8, 4) is 0 Å². The Balaban J connectivity index is 2.13. The Morgan fingerprint density at radius 3 is 2.56 bits per heavy atom. The molecule has 2 aliphatic rings. The van der Waals surface area contributed by atoms with E-state index in [-0.39, 0.29) is 0 Å². The Hall–Kier alpha value is -0.530. The Kier molecular flexibility index (Phi) is 0.875. The average Bonchev–Trinajstić information content (AvgIpc) is 2.45. The first kappa shape index (κ1) is 5.27. The highest BCUT2D eigenvalue weighted by Crippen LogP contribution is 2.48. The van der Waals surface area contributed by atoms with Gasteiger partial charge >= 0.3 is 0 Å². The predicted octanol–water partition coefficient (Wildman–Crippen LogP) is 0.771. The SMILES string of the molecule is O=CN1CCCC12CC2. The van der Waals surface area contributed by atoms with Crippen LogP contribution in [0.5, 0.6) is 0 Å². The second kappa shape index (κ2) is 1.49. The molecule has 1 aliphatic heterocycles. The van der Waals surface area contributed by atoms with Crippen LogP contribution in [0, 0.1) is 0 Å². The minimum Gasteiger partial charge on any atom is -0.340 e. The van der Waals surface area contributed by atoms with Gasteiger partial charge in [-0.3, -0.25) is 4.79 Å². The van der Waals surface area contributed by atoms with Gasteiger partial charge in [0.15, 0.2) is 0 Å². The summed E-state index contributed by atoms with van der Waals surface area (Å²) in [6.07, 6.45) is 6.00. The predicted molar refractivity (Wildman–Crippen MR) is 34.0 cm³/mol. The van der Waals surface area contributed by atoms with E-state index in [1.54, 1.807) is 0 Å². The fourth-order valence-electron chi connectivity index (χ4n) is 1.81. The van der Waals surface area contributed by atoms with E-state index in [0.29, 0.717) is 5.54 Å². The van der Waals surface area contributed by atoms with Gasteiger partial charge < -0.3 is 4.90 Å². The molecule has 0 aromatic heterocycles. The van der Waals surface area contributed by atoms with Crippen LogP contribution in [0.25, 0.3) is 0 Å². The molecule has 0 bridgehead atoms. The Labute approximate surface area is 54.8 Å². The number of likely N-dealkylation sites (tertiary alicyclic amines) is 1. The number of hydrogen-bond donors (Lipinski definition) is 0. The van der Waals surface area contributed by atoms with Gasteiger partial charge in [0.05, 0.1) is 0 Å². The number of carbonyl (C=O) groups is 1. The molecule has 1 saturated carbocycles. The fraction of sp³-hybridized carbons (Fsp3) is 0.857. The Bertz CT molecular complexity index is 140. The van der Waals surface area contributed by atoms with E-state index in [2.05, 4.69) is 0 Å². The summed E-state index contributed by atoms with van der Waals surface area (Å²) in [7, 11) is 0. The van der Waals surface area contributed by atoms with Crippen LogP contribution in [0.15, 0.2) is 0 Å². The van der Waals surface area contributed by atoms with Crippen LogP contribution >= 0.6 is 0 Å². The molecule has 1 amide bonds. The summed E-state index contributed by atoms with van der Waals surface area (Å²) in [5.74, 6) is 0. The lowest BCUT2D eigenvalue weighted by atomic mass is 10.2. The molecule has 2 rings (SSSR count). The molecule has 1 spiro atoms. The maximum Gasteiger partial charge on any atom is 0.210 e. The monoisotopic (exact) mass is 125 g/mol. The maximum absolute atomic E-state index is 10.4. The van der Waals surface area contributed by atoms with Gasteiger partial charge in [0.25, 0.3) is 0 Å². The van der Waals surface area contributed by atoms with Crippen molar-refractivity contribution in [1.29, 1.82) is 0 Å². The van der Waals surface area contributed by atoms with Gasteiger partial charge in [0, 0.05) is 12.1 Å². The maximum atomic E-state index is 10.4. The van der Waals surface area contributed by atoms with Crippen molar-refractivity contribution in [1.82, 2.24) is 4.90 Å². The third-order valence-electron chi connectivity index (χ3n) is 2.60. The summed E-state index contributed by atoms with van der Waals surface area (Å²) in [6, 6.07) is 0. The van der Waals surface area contributed by atoms with Crippen LogP contribution in [0.4, 0.5) is 0 Å². The number of amides is 1. The third-order valence-corrected chi connectivity index (χ3v) is 2.60. The summed E-state index contributed by atoms with van der Waals surface area (Å²) in [5.41, 5.74) is 0.377. The molecule has 2 nitrogen and oxygen atoms in total. The van der Waals surface area contributed by atoms with Crippen LogP contribution in [0.3, 0.4) is 0 Å². The zero-order valence-electron chi connectivity index (χ0n) is 5.47. The van der Waals surface area contributed by atoms with Crippen molar-refractivity contribution in [3.63, 3.8) is 0 Å². The number of hydrogen-bond acceptors (Lipinski definition) is 1. The summed E-state index contributed by atoms with van der Waals surface area (Å²) in [4.78, 5) is 12.4. The first-order valence-electron chi connectivity index (χ1n) is 3.59. The van der Waals surface area contributed by atoms with Crippen molar-refractivity contribution < 1.29 is 4.79 Å². The highest BCUT2D eigenvalue weighted by Gasteiger charge is 2.50. The molecular weight excluding hydrogens is 114 g/mol. The van der Waals surface area contributed by atoms with E-state index in [9.17, 15) is 4.79 Å². The number of nitrogens with zero attached hydrogens (tertiary/aromatic N) is 1. The van der Waals surface area contributed by atoms with Crippen LogP contribution in [-0.4, -0.2) is 23.4 Å². The molecule has 1 heterocycles. The minimum absolute atomic E-state index is 0.377. The van der Waals surface area contributed by atoms with E-state index in [0.717, 1.165) is 13.0 Å². The zero-order valence-corrected chi connectivity index (χ0v) is 5.47. The number of carbonyl (C=O) groups excluding carboxylic acids is 1. The first-order valence-corrected chi connectivity index (χ1v) is 3.59. The van der Waals surface area contributed by atoms with Gasteiger partial charge in [-0.25, -0.2) is 0 Å². The Morgan fingerprint density at radius 1 is 1.33 bits per heavy atom. The van der Waals surface area contributed by atoms with Crippen molar-refractivity contribution in [2.45, 2.75) is 31.2 Å². The Morgan fingerprint density at radius 2 is 2.11 bits per heavy atom. The van der Waals surface area contributed by atoms with Crippen LogP contribution in [-0.2, 0) is 4.79 Å². The lowest BCUT2D eigenvalue weighted by Crippen LogP contribution is -2.29. The normalized spacial score (nSPS) is 29.1. The van der Waals surface area contributed by atoms with E-state index in [1.165, 1.54) is 25.7 Å². The van der Waals surface area contributed by atoms with Crippen LogP contribution in [0.2, 0.25) is 0 Å². The van der Waals surface area contributed by atoms with Crippen molar-refractivity contribution in [3.05, 3.63) is 0 Å². The molecule has 2 heteroatoms. The van der Waals surface area contributed by atoms with E-state index in [4.69, 9.17) is 0 Å². The summed E-state index contributed by atoms with van der Waals surface area (Å²) >= 11 is 0. The number of rotatable bonds is 1. The molecule has 2 fully saturated rings. The molecule has 0 atom stereocenters. The summed E-state index contributed by atoms with van der Waals surface area (Å²) in [5, 5.41) is 0. The van der Waals surface area contributed by atoms with Crippen LogP contribution in [0.1, 0.15) is 25.7 Å². The van der Waals surface area contributed by atoms with Gasteiger partial charge in [0.1, 0.15) is 0 Å². The second-order valence-electron chi connectivity index (χ2n) is 3.13. The highest BCUT2D eigenvalue weighted by atomic mass is 16.1. The molecule has 0 aromatic rings. The highest BCUT2D eigenvalue weighted by molar-refractivity contribution is 5.51. The molecule has 50 valence electrons. The lowest BCUT2D eigenvalue weighted by Gasteiger charge is -2.17. The van der Waals surface area contributed by atoms with Crippen molar-refractivity contribution >= 4 is 6.41 Å². The molecule has 0 N–H and O–H groups in total. The summed E-state index contributed by atoms with van der Waals surface area (Å²) < 4.78 is 0. The van der Waals surface area contributed by atoms with Crippen molar-refractivity contribution in [2.75, 3.05) is 6.54 Å². The van der Waals surface area contributed by atoms with E-state index >= 15 is 0 Å². The van der Waals surface area contributed by atoms with Crippen molar-refractivity contribution in [2.24, 2.45) is 0 Å². The molecule has 0 aromatic carbocycles. The van der Waals surface area contributed by atoms with Gasteiger partial charge in [-0.2, -0.15) is 0 Å². The fourth-order valence-corrected chi connectivity index (χ4v) is 1.81. The quantitative estimate of drug-likeness (QED) is 0.474. The van der Waals surface area contributed by atoms with E-state index in [1.807, 2.05) is 4.90 Å².